The van der Waals surface area contributed by atoms with E-state index in [-0.39, 0.29) is 17.9 Å². The van der Waals surface area contributed by atoms with Crippen molar-refractivity contribution in [2.75, 3.05) is 0 Å². The minimum absolute atomic E-state index is 0.00876. The fraction of sp³-hybridized carbons (Fsp3) is 0.0851. The van der Waals surface area contributed by atoms with Gasteiger partial charge in [0.1, 0.15) is 11.9 Å². The smallest absolute Gasteiger partial charge is 0.164 e. The molecule has 2 aromatic heterocycles. The Hall–Kier alpha value is -6.17. The average Bonchev–Trinajstić information content (AvgIpc) is 3.78. The maximum atomic E-state index is 6.77. The van der Waals surface area contributed by atoms with Crippen LogP contribution >= 0.6 is 11.3 Å². The summed E-state index contributed by atoms with van der Waals surface area (Å²) in [5, 5.41) is 7.30. The minimum atomic E-state index is -0.0395. The van der Waals surface area contributed by atoms with Gasteiger partial charge in [0.05, 0.1) is 5.92 Å². The fourth-order valence-electron chi connectivity index (χ4n) is 8.31. The number of nitrogens with zero attached hydrogens (tertiary/aromatic N) is 3. The number of ether oxygens (including phenoxy) is 1. The molecule has 0 N–H and O–H groups in total. The van der Waals surface area contributed by atoms with Crippen molar-refractivity contribution in [1.29, 1.82) is 0 Å². The van der Waals surface area contributed by atoms with Crippen LogP contribution in [0.15, 0.2) is 158 Å². The molecule has 0 saturated heterocycles. The van der Waals surface area contributed by atoms with Gasteiger partial charge < -0.3 is 4.74 Å². The Labute approximate surface area is 304 Å². The molecule has 3 atom stereocenters. The number of hydrogen-bond acceptors (Lipinski definition) is 5. The standard InChI is InChI=1S/C47H31N3OS/c1-3-11-30-23-33(19-17-28(30)9-1)45-48-46(34-20-18-29-10-2-4-12-31(29)24-34)50-47(49-45)39-26-35(27-41-44(39)37-14-5-7-15-40(37)51-41)32-21-22-43-38(25-32)36-13-6-8-16-42(36)52-43/h1-26,35,41,44H,27H2. The molecule has 11 rings (SSSR count). The van der Waals surface area contributed by atoms with Crippen molar-refractivity contribution in [2.45, 2.75) is 24.4 Å². The number of rotatable bonds is 4. The molecule has 246 valence electrons. The summed E-state index contributed by atoms with van der Waals surface area (Å²) in [4.78, 5) is 15.8. The molecule has 3 heterocycles. The van der Waals surface area contributed by atoms with Crippen molar-refractivity contribution in [3.8, 4) is 28.5 Å². The van der Waals surface area contributed by atoms with E-state index in [4.69, 9.17) is 19.7 Å². The molecule has 1 aliphatic heterocycles. The summed E-state index contributed by atoms with van der Waals surface area (Å²) in [5.74, 6) is 3.10. The van der Waals surface area contributed by atoms with Crippen molar-refractivity contribution in [1.82, 2.24) is 15.0 Å². The number of hydrogen-bond donors (Lipinski definition) is 0. The highest BCUT2D eigenvalue weighted by molar-refractivity contribution is 7.25. The van der Waals surface area contributed by atoms with Crippen LogP contribution in [0.3, 0.4) is 0 Å². The molecule has 52 heavy (non-hydrogen) atoms. The first-order chi connectivity index (χ1) is 25.7. The third-order valence-electron chi connectivity index (χ3n) is 10.8. The van der Waals surface area contributed by atoms with Crippen molar-refractivity contribution in [3.63, 3.8) is 0 Å². The molecule has 5 heteroatoms. The molecule has 0 bridgehead atoms. The highest BCUT2D eigenvalue weighted by Gasteiger charge is 2.43. The van der Waals surface area contributed by atoms with Gasteiger partial charge in [-0.1, -0.05) is 121 Å². The summed E-state index contributed by atoms with van der Waals surface area (Å²) in [7, 11) is 0. The number of thiophene rings is 1. The largest absolute Gasteiger partial charge is 0.489 e. The molecule has 2 aliphatic rings. The number of aromatic nitrogens is 3. The summed E-state index contributed by atoms with van der Waals surface area (Å²) >= 11 is 1.85. The van der Waals surface area contributed by atoms with E-state index in [9.17, 15) is 0 Å². The molecule has 0 amide bonds. The molecule has 4 nitrogen and oxygen atoms in total. The number of allylic oxidation sites excluding steroid dienone is 1. The van der Waals surface area contributed by atoms with E-state index in [1.807, 2.05) is 11.3 Å². The predicted molar refractivity (Wildman–Crippen MR) is 214 cm³/mol. The van der Waals surface area contributed by atoms with Crippen LogP contribution in [-0.4, -0.2) is 21.1 Å². The van der Waals surface area contributed by atoms with Crippen LogP contribution in [0.2, 0.25) is 0 Å². The zero-order valence-corrected chi connectivity index (χ0v) is 28.9. The first-order valence-corrected chi connectivity index (χ1v) is 18.7. The summed E-state index contributed by atoms with van der Waals surface area (Å²) in [6, 6.07) is 54.0. The van der Waals surface area contributed by atoms with Gasteiger partial charge in [0, 0.05) is 48.4 Å². The Morgan fingerprint density at radius 2 is 1.13 bits per heavy atom. The lowest BCUT2D eigenvalue weighted by Gasteiger charge is -2.31. The van der Waals surface area contributed by atoms with Gasteiger partial charge in [0.15, 0.2) is 17.5 Å². The molecular weight excluding hydrogens is 655 g/mol. The van der Waals surface area contributed by atoms with Crippen LogP contribution in [0.5, 0.6) is 5.75 Å². The van der Waals surface area contributed by atoms with E-state index in [0.717, 1.165) is 39.6 Å². The Kier molecular flexibility index (Phi) is 6.64. The van der Waals surface area contributed by atoms with Crippen LogP contribution in [0.4, 0.5) is 0 Å². The Morgan fingerprint density at radius 1 is 0.519 bits per heavy atom. The zero-order chi connectivity index (χ0) is 34.2. The first-order valence-electron chi connectivity index (χ1n) is 17.9. The highest BCUT2D eigenvalue weighted by atomic mass is 32.1. The zero-order valence-electron chi connectivity index (χ0n) is 28.1. The maximum Gasteiger partial charge on any atom is 0.164 e. The molecule has 0 spiro atoms. The third kappa shape index (κ3) is 4.84. The lowest BCUT2D eigenvalue weighted by atomic mass is 9.75. The van der Waals surface area contributed by atoms with Gasteiger partial charge in [0.2, 0.25) is 0 Å². The average molecular weight is 686 g/mol. The van der Waals surface area contributed by atoms with Crippen LogP contribution in [0.25, 0.3) is 70.1 Å². The first kappa shape index (κ1) is 29.5. The number of benzene rings is 7. The van der Waals surface area contributed by atoms with E-state index in [1.165, 1.54) is 42.1 Å². The van der Waals surface area contributed by atoms with Gasteiger partial charge >= 0.3 is 0 Å². The molecule has 9 aromatic rings. The van der Waals surface area contributed by atoms with E-state index < -0.39 is 0 Å². The van der Waals surface area contributed by atoms with Gasteiger partial charge in [-0.3, -0.25) is 0 Å². The second kappa shape index (κ2) is 11.7. The lowest BCUT2D eigenvalue weighted by Crippen LogP contribution is -2.27. The topological polar surface area (TPSA) is 47.9 Å². The highest BCUT2D eigenvalue weighted by Crippen LogP contribution is 2.52. The summed E-state index contributed by atoms with van der Waals surface area (Å²) < 4.78 is 9.40. The van der Waals surface area contributed by atoms with E-state index in [0.29, 0.717) is 17.5 Å². The Bertz CT molecular complexity index is 2810. The second-order valence-electron chi connectivity index (χ2n) is 13.9. The van der Waals surface area contributed by atoms with Gasteiger partial charge in [-0.2, -0.15) is 0 Å². The maximum absolute atomic E-state index is 6.77. The Balaban J connectivity index is 1.12. The van der Waals surface area contributed by atoms with Gasteiger partial charge in [0.25, 0.3) is 0 Å². The van der Waals surface area contributed by atoms with Gasteiger partial charge in [-0.05, 0) is 69.9 Å². The normalized spacial score (nSPS) is 18.0. The number of fused-ring (bicyclic) bond motifs is 8. The SMILES string of the molecule is C1=C(c2nc(-c3ccc4ccccc4c3)nc(-c3ccc4ccccc4c3)n2)C2c3ccccc3OC2CC1c1ccc2sc3ccccc3c2c1. The van der Waals surface area contributed by atoms with Crippen LogP contribution < -0.4 is 4.74 Å². The van der Waals surface area contributed by atoms with Crippen molar-refractivity contribution in [3.05, 3.63) is 175 Å². The third-order valence-corrected chi connectivity index (χ3v) is 12.0. The van der Waals surface area contributed by atoms with Crippen molar-refractivity contribution < 1.29 is 4.74 Å². The fourth-order valence-corrected chi connectivity index (χ4v) is 9.39. The minimum Gasteiger partial charge on any atom is -0.489 e. The monoisotopic (exact) mass is 685 g/mol. The molecule has 1 aliphatic carbocycles. The van der Waals surface area contributed by atoms with Crippen LogP contribution in [0, 0.1) is 0 Å². The van der Waals surface area contributed by atoms with Crippen molar-refractivity contribution >= 4 is 58.6 Å². The predicted octanol–water partition coefficient (Wildman–Crippen LogP) is 12.0. The molecule has 3 unspecified atom stereocenters. The molecule has 7 aromatic carbocycles. The molecule has 0 radical (unpaired) electrons. The Morgan fingerprint density at radius 3 is 1.88 bits per heavy atom. The van der Waals surface area contributed by atoms with Gasteiger partial charge in [-0.25, -0.2) is 15.0 Å². The van der Waals surface area contributed by atoms with Crippen molar-refractivity contribution in [2.24, 2.45) is 0 Å². The number of para-hydroxylation sites is 1. The van der Waals surface area contributed by atoms with E-state index >= 15 is 0 Å². The molecule has 0 fully saturated rings. The lowest BCUT2D eigenvalue weighted by molar-refractivity contribution is 0.200. The van der Waals surface area contributed by atoms with E-state index in [1.54, 1.807) is 0 Å². The quantitative estimate of drug-likeness (QED) is 0.185. The van der Waals surface area contributed by atoms with Gasteiger partial charge in [-0.15, -0.1) is 11.3 Å². The molecular formula is C47H31N3OS. The molecule has 0 saturated carbocycles. The summed E-state index contributed by atoms with van der Waals surface area (Å²) in [5.41, 5.74) is 5.49. The van der Waals surface area contributed by atoms with Crippen LogP contribution in [-0.2, 0) is 0 Å². The summed E-state index contributed by atoms with van der Waals surface area (Å²) in [6.45, 7) is 0. The summed E-state index contributed by atoms with van der Waals surface area (Å²) in [6.07, 6.45) is 3.25. The van der Waals surface area contributed by atoms with Crippen LogP contribution in [0.1, 0.15) is 35.2 Å². The second-order valence-corrected chi connectivity index (χ2v) is 15.0. The van der Waals surface area contributed by atoms with E-state index in [2.05, 4.69) is 158 Å².